The van der Waals surface area contributed by atoms with Gasteiger partial charge in [0.15, 0.2) is 12.2 Å². The monoisotopic (exact) mass is 475 g/mol. The highest BCUT2D eigenvalue weighted by molar-refractivity contribution is 5.84. The Labute approximate surface area is 195 Å². The van der Waals surface area contributed by atoms with E-state index in [2.05, 4.69) is 4.98 Å². The Hall–Kier alpha value is -3.73. The third kappa shape index (κ3) is 6.19. The van der Waals surface area contributed by atoms with E-state index in [1.165, 1.54) is 6.92 Å². The minimum absolute atomic E-state index is 0.305. The summed E-state index contributed by atoms with van der Waals surface area (Å²) in [5.41, 5.74) is 0.512. The number of fused-ring (bicyclic) bond motifs is 1. The summed E-state index contributed by atoms with van der Waals surface area (Å²) >= 11 is 0. The van der Waals surface area contributed by atoms with E-state index in [1.807, 2.05) is 12.1 Å². The Balaban J connectivity index is 2.03. The van der Waals surface area contributed by atoms with Crippen LogP contribution in [0.1, 0.15) is 27.7 Å². The van der Waals surface area contributed by atoms with Crippen molar-refractivity contribution >= 4 is 34.8 Å². The first-order chi connectivity index (χ1) is 16.2. The first kappa shape index (κ1) is 24.9. The molecule has 2 aromatic rings. The summed E-state index contributed by atoms with van der Waals surface area (Å²) in [6.07, 6.45) is -4.73. The lowest BCUT2D eigenvalue weighted by atomic mass is 9.98. The number of hydrogen-bond acceptors (Lipinski definition) is 11. The molecule has 3 rings (SSSR count). The average Bonchev–Trinajstić information content (AvgIpc) is 2.75. The van der Waals surface area contributed by atoms with E-state index >= 15 is 0 Å². The molecule has 1 saturated heterocycles. The van der Waals surface area contributed by atoms with Crippen molar-refractivity contribution in [2.75, 3.05) is 6.61 Å². The predicted molar refractivity (Wildman–Crippen MR) is 114 cm³/mol. The molecule has 0 bridgehead atoms. The van der Waals surface area contributed by atoms with Gasteiger partial charge in [0.25, 0.3) is 0 Å². The van der Waals surface area contributed by atoms with Gasteiger partial charge in [-0.3, -0.25) is 24.2 Å². The van der Waals surface area contributed by atoms with Gasteiger partial charge < -0.3 is 28.4 Å². The molecule has 182 valence electrons. The van der Waals surface area contributed by atoms with Crippen LogP contribution in [-0.4, -0.2) is 66.2 Å². The van der Waals surface area contributed by atoms with Gasteiger partial charge in [0.1, 0.15) is 24.0 Å². The molecule has 34 heavy (non-hydrogen) atoms. The van der Waals surface area contributed by atoms with Gasteiger partial charge in [-0.05, 0) is 12.1 Å². The molecule has 0 aliphatic carbocycles. The number of ether oxygens (including phenoxy) is 6. The van der Waals surface area contributed by atoms with Gasteiger partial charge in [0.2, 0.25) is 12.4 Å². The molecule has 0 N–H and O–H groups in total. The summed E-state index contributed by atoms with van der Waals surface area (Å²) < 4.78 is 33.2. The van der Waals surface area contributed by atoms with Crippen LogP contribution in [-0.2, 0) is 42.9 Å². The highest BCUT2D eigenvalue weighted by Crippen LogP contribution is 2.32. The van der Waals surface area contributed by atoms with E-state index in [4.69, 9.17) is 28.4 Å². The van der Waals surface area contributed by atoms with Gasteiger partial charge in [-0.1, -0.05) is 18.2 Å². The van der Waals surface area contributed by atoms with Gasteiger partial charge in [-0.15, -0.1) is 0 Å². The van der Waals surface area contributed by atoms with Crippen molar-refractivity contribution in [1.82, 2.24) is 4.98 Å². The second kappa shape index (κ2) is 10.9. The minimum Gasteiger partial charge on any atom is -0.463 e. The molecule has 0 radical (unpaired) electrons. The molecule has 5 atom stereocenters. The highest BCUT2D eigenvalue weighted by Gasteiger charge is 2.53. The maximum atomic E-state index is 11.9. The van der Waals surface area contributed by atoms with Gasteiger partial charge in [-0.2, -0.15) is 0 Å². The number of aromatic nitrogens is 1. The molecule has 11 nitrogen and oxygen atoms in total. The molecule has 0 saturated carbocycles. The summed E-state index contributed by atoms with van der Waals surface area (Å²) in [5.74, 6) is -2.45. The molecule has 1 aliphatic rings. The maximum absolute atomic E-state index is 11.9. The average molecular weight is 475 g/mol. The van der Waals surface area contributed by atoms with E-state index in [9.17, 15) is 19.2 Å². The van der Waals surface area contributed by atoms with E-state index in [-0.39, 0.29) is 6.61 Å². The van der Waals surface area contributed by atoms with Gasteiger partial charge >= 0.3 is 23.9 Å². The largest absolute Gasteiger partial charge is 0.463 e. The van der Waals surface area contributed by atoms with Crippen LogP contribution in [0.2, 0.25) is 0 Å². The van der Waals surface area contributed by atoms with Gasteiger partial charge in [0.05, 0.1) is 0 Å². The second-order valence-electron chi connectivity index (χ2n) is 7.52. The lowest BCUT2D eigenvalue weighted by molar-refractivity contribution is -0.288. The number of hydrogen-bond donors (Lipinski definition) is 0. The van der Waals surface area contributed by atoms with Crippen LogP contribution < -0.4 is 4.74 Å². The summed E-state index contributed by atoms with van der Waals surface area (Å²) in [7, 11) is 0. The van der Waals surface area contributed by atoms with E-state index in [1.54, 1.807) is 24.4 Å². The number of pyridine rings is 1. The lowest BCUT2D eigenvalue weighted by Crippen LogP contribution is -2.63. The van der Waals surface area contributed by atoms with Crippen molar-refractivity contribution in [2.24, 2.45) is 0 Å². The number of carbonyl (C=O) groups excluding carboxylic acids is 4. The van der Waals surface area contributed by atoms with Crippen LogP contribution in [0.15, 0.2) is 36.5 Å². The Morgan fingerprint density at radius 3 is 2.09 bits per heavy atom. The van der Waals surface area contributed by atoms with E-state index in [0.29, 0.717) is 11.3 Å². The van der Waals surface area contributed by atoms with Crippen molar-refractivity contribution in [3.8, 4) is 5.75 Å². The SMILES string of the molecule is CC(=O)OCC1OC(Oc2cccc3cccnc23)C(OC(C)=O)C(OC(C)=O)C1OC(C)=O. The number of rotatable bonds is 7. The van der Waals surface area contributed by atoms with E-state index in [0.717, 1.165) is 26.2 Å². The van der Waals surface area contributed by atoms with Crippen molar-refractivity contribution in [1.29, 1.82) is 0 Å². The molecule has 1 fully saturated rings. The number of carbonyl (C=O) groups is 4. The van der Waals surface area contributed by atoms with Crippen molar-refractivity contribution < 1.29 is 47.6 Å². The molecule has 1 aromatic heterocycles. The summed E-state index contributed by atoms with van der Waals surface area (Å²) in [5, 5.41) is 0.783. The smallest absolute Gasteiger partial charge is 0.303 e. The topological polar surface area (TPSA) is 137 Å². The van der Waals surface area contributed by atoms with Crippen LogP contribution in [0, 0.1) is 0 Å². The Morgan fingerprint density at radius 2 is 1.44 bits per heavy atom. The molecular formula is C23H25NO10. The maximum Gasteiger partial charge on any atom is 0.303 e. The van der Waals surface area contributed by atoms with Crippen LogP contribution in [0.25, 0.3) is 10.9 Å². The Kier molecular flexibility index (Phi) is 8.00. The fourth-order valence-corrected chi connectivity index (χ4v) is 3.58. The van der Waals surface area contributed by atoms with Crippen LogP contribution >= 0.6 is 0 Å². The van der Waals surface area contributed by atoms with Crippen LogP contribution in [0.4, 0.5) is 0 Å². The highest BCUT2D eigenvalue weighted by atomic mass is 16.7. The van der Waals surface area contributed by atoms with Crippen LogP contribution in [0.5, 0.6) is 5.75 Å². The standard InChI is InChI=1S/C23H25NO10/c1-12(25)29-11-18-20(30-13(2)26)21(31-14(3)27)22(32-15(4)28)23(34-18)33-17-9-5-7-16-8-6-10-24-19(16)17/h5-10,18,20-23H,11H2,1-4H3. The summed E-state index contributed by atoms with van der Waals surface area (Å²) in [4.78, 5) is 51.4. The van der Waals surface area contributed by atoms with E-state index < -0.39 is 54.6 Å². The molecule has 1 aliphatic heterocycles. The normalized spacial score (nSPS) is 24.1. The third-order valence-electron chi connectivity index (χ3n) is 4.79. The quantitative estimate of drug-likeness (QED) is 0.427. The van der Waals surface area contributed by atoms with Gasteiger partial charge in [0, 0.05) is 39.3 Å². The Morgan fingerprint density at radius 1 is 0.824 bits per heavy atom. The Bertz CT molecular complexity index is 1070. The van der Waals surface area contributed by atoms with Crippen molar-refractivity contribution in [2.45, 2.75) is 58.4 Å². The lowest BCUT2D eigenvalue weighted by Gasteiger charge is -2.43. The molecule has 5 unspecified atom stereocenters. The summed E-state index contributed by atoms with van der Waals surface area (Å²) in [6.45, 7) is 4.32. The predicted octanol–water partition coefficient (Wildman–Crippen LogP) is 1.70. The number of nitrogens with zero attached hydrogens (tertiary/aromatic N) is 1. The minimum atomic E-state index is -1.33. The van der Waals surface area contributed by atoms with Gasteiger partial charge in [-0.25, -0.2) is 0 Å². The fourth-order valence-electron chi connectivity index (χ4n) is 3.58. The second-order valence-corrected chi connectivity index (χ2v) is 7.52. The molecule has 11 heteroatoms. The number of esters is 4. The fraction of sp³-hybridized carbons (Fsp3) is 0.435. The zero-order valence-corrected chi connectivity index (χ0v) is 19.1. The zero-order valence-electron chi connectivity index (χ0n) is 19.1. The van der Waals surface area contributed by atoms with Crippen molar-refractivity contribution in [3.63, 3.8) is 0 Å². The molecule has 1 aromatic carbocycles. The third-order valence-corrected chi connectivity index (χ3v) is 4.79. The molecule has 0 amide bonds. The molecular weight excluding hydrogens is 450 g/mol. The number of benzene rings is 1. The van der Waals surface area contributed by atoms with Crippen molar-refractivity contribution in [3.05, 3.63) is 36.5 Å². The number of para-hydroxylation sites is 1. The summed E-state index contributed by atoms with van der Waals surface area (Å²) in [6, 6.07) is 8.82. The zero-order chi connectivity index (χ0) is 24.8. The first-order valence-corrected chi connectivity index (χ1v) is 10.5. The molecule has 2 heterocycles. The molecule has 0 spiro atoms. The van der Waals surface area contributed by atoms with Crippen LogP contribution in [0.3, 0.4) is 0 Å². The first-order valence-electron chi connectivity index (χ1n) is 10.5.